The molecule has 1 saturated heterocycles. The van der Waals surface area contributed by atoms with E-state index in [4.69, 9.17) is 0 Å². The van der Waals surface area contributed by atoms with Gasteiger partial charge >= 0.3 is 0 Å². The summed E-state index contributed by atoms with van der Waals surface area (Å²) in [4.78, 5) is 0. The molecule has 2 nitrogen and oxygen atoms in total. The molecule has 0 spiro atoms. The zero-order valence-corrected chi connectivity index (χ0v) is 7.30. The van der Waals surface area contributed by atoms with Gasteiger partial charge in [0.25, 0.3) is 0 Å². The van der Waals surface area contributed by atoms with Crippen molar-refractivity contribution in [1.82, 2.24) is 0 Å². The summed E-state index contributed by atoms with van der Waals surface area (Å²) in [6.07, 6.45) is 4.30. The van der Waals surface area contributed by atoms with E-state index in [1.165, 1.54) is 30.3 Å². The van der Waals surface area contributed by atoms with Gasteiger partial charge in [-0.05, 0) is 26.2 Å². The molecular formula is C8H19NO. The SMILES string of the molecule is CC1CCCC[N+]1(C)C.[OH-]. The van der Waals surface area contributed by atoms with Gasteiger partial charge in [-0.1, -0.05) is 0 Å². The molecule has 0 aromatic rings. The van der Waals surface area contributed by atoms with E-state index >= 15 is 0 Å². The van der Waals surface area contributed by atoms with Crippen LogP contribution in [0.1, 0.15) is 26.2 Å². The van der Waals surface area contributed by atoms with Crippen LogP contribution in [-0.4, -0.2) is 36.6 Å². The van der Waals surface area contributed by atoms with Crippen LogP contribution in [0.25, 0.3) is 0 Å². The van der Waals surface area contributed by atoms with Gasteiger partial charge in [-0.2, -0.15) is 0 Å². The molecule has 0 amide bonds. The molecule has 1 N–H and O–H groups in total. The monoisotopic (exact) mass is 145 g/mol. The summed E-state index contributed by atoms with van der Waals surface area (Å²) in [7, 11) is 4.67. The fraction of sp³-hybridized carbons (Fsp3) is 1.00. The molecule has 1 atom stereocenters. The van der Waals surface area contributed by atoms with Gasteiger partial charge in [-0.25, -0.2) is 0 Å². The van der Waals surface area contributed by atoms with E-state index in [1.807, 2.05) is 0 Å². The normalized spacial score (nSPS) is 30.9. The summed E-state index contributed by atoms with van der Waals surface area (Å²) >= 11 is 0. The van der Waals surface area contributed by atoms with Crippen molar-refractivity contribution in [3.63, 3.8) is 0 Å². The molecule has 0 bridgehead atoms. The molecule has 1 rings (SSSR count). The van der Waals surface area contributed by atoms with Crippen molar-refractivity contribution >= 4 is 0 Å². The predicted octanol–water partition coefficient (Wildman–Crippen LogP) is 1.46. The van der Waals surface area contributed by atoms with Gasteiger partial charge in [-0.15, -0.1) is 0 Å². The third kappa shape index (κ3) is 1.96. The van der Waals surface area contributed by atoms with Crippen LogP contribution in [0.5, 0.6) is 0 Å². The third-order valence-corrected chi connectivity index (χ3v) is 2.80. The highest BCUT2D eigenvalue weighted by molar-refractivity contribution is 4.57. The summed E-state index contributed by atoms with van der Waals surface area (Å²) in [6, 6.07) is 0.888. The second-order valence-electron chi connectivity index (χ2n) is 3.85. The summed E-state index contributed by atoms with van der Waals surface area (Å²) in [6.45, 7) is 3.74. The average molecular weight is 145 g/mol. The van der Waals surface area contributed by atoms with Crippen LogP contribution in [0.2, 0.25) is 0 Å². The number of rotatable bonds is 0. The quantitative estimate of drug-likeness (QED) is 0.474. The van der Waals surface area contributed by atoms with E-state index in [0.717, 1.165) is 6.04 Å². The zero-order chi connectivity index (χ0) is 6.91. The van der Waals surface area contributed by atoms with Crippen LogP contribution in [0.4, 0.5) is 0 Å². The Labute approximate surface area is 63.7 Å². The van der Waals surface area contributed by atoms with Gasteiger partial charge in [0.05, 0.1) is 26.7 Å². The van der Waals surface area contributed by atoms with E-state index in [-0.39, 0.29) is 5.48 Å². The summed E-state index contributed by atoms with van der Waals surface area (Å²) < 4.78 is 1.24. The summed E-state index contributed by atoms with van der Waals surface area (Å²) in [5, 5.41) is 0. The lowest BCUT2D eigenvalue weighted by Gasteiger charge is -2.39. The molecule has 2 heteroatoms. The lowest BCUT2D eigenvalue weighted by molar-refractivity contribution is -0.918. The largest absolute Gasteiger partial charge is 0.870 e. The average Bonchev–Trinajstić information content (AvgIpc) is 1.77. The number of likely N-dealkylation sites (tertiary alicyclic amines) is 1. The molecule has 10 heavy (non-hydrogen) atoms. The smallest absolute Gasteiger partial charge is 0.0857 e. The van der Waals surface area contributed by atoms with Crippen LogP contribution in [0.3, 0.4) is 0 Å². The molecule has 1 unspecified atom stereocenters. The van der Waals surface area contributed by atoms with Crippen LogP contribution < -0.4 is 0 Å². The predicted molar refractivity (Wildman–Crippen MR) is 42.2 cm³/mol. The molecule has 0 saturated carbocycles. The van der Waals surface area contributed by atoms with Crippen LogP contribution in [0, 0.1) is 0 Å². The Hall–Kier alpha value is -0.0800. The zero-order valence-electron chi connectivity index (χ0n) is 7.30. The highest BCUT2D eigenvalue weighted by atomic mass is 16.0. The first-order valence-electron chi connectivity index (χ1n) is 3.95. The van der Waals surface area contributed by atoms with Crippen molar-refractivity contribution in [2.24, 2.45) is 0 Å². The van der Waals surface area contributed by atoms with Crippen LogP contribution in [0.15, 0.2) is 0 Å². The molecule has 1 aliphatic heterocycles. The molecular weight excluding hydrogens is 126 g/mol. The molecule has 1 heterocycles. The van der Waals surface area contributed by atoms with E-state index in [9.17, 15) is 0 Å². The Kier molecular flexibility index (Phi) is 3.33. The van der Waals surface area contributed by atoms with Gasteiger partial charge in [0, 0.05) is 0 Å². The molecule has 0 aliphatic carbocycles. The van der Waals surface area contributed by atoms with Gasteiger partial charge in [0.2, 0.25) is 0 Å². The first-order chi connectivity index (χ1) is 4.13. The van der Waals surface area contributed by atoms with Crippen molar-refractivity contribution < 1.29 is 9.96 Å². The van der Waals surface area contributed by atoms with Gasteiger partial charge in [0.15, 0.2) is 0 Å². The van der Waals surface area contributed by atoms with Gasteiger partial charge < -0.3 is 9.96 Å². The van der Waals surface area contributed by atoms with Gasteiger partial charge in [0.1, 0.15) is 0 Å². The topological polar surface area (TPSA) is 30.0 Å². The Bertz CT molecular complexity index is 101. The first-order valence-corrected chi connectivity index (χ1v) is 3.95. The van der Waals surface area contributed by atoms with E-state index in [0.29, 0.717) is 0 Å². The molecule has 1 fully saturated rings. The molecule has 0 radical (unpaired) electrons. The Morgan fingerprint density at radius 3 is 2.10 bits per heavy atom. The highest BCUT2D eigenvalue weighted by Gasteiger charge is 2.26. The number of piperidine rings is 1. The second kappa shape index (κ2) is 3.35. The molecule has 0 aromatic carbocycles. The number of hydrogen-bond donors (Lipinski definition) is 0. The van der Waals surface area contributed by atoms with Crippen LogP contribution >= 0.6 is 0 Å². The lowest BCUT2D eigenvalue weighted by atomic mass is 10.0. The minimum absolute atomic E-state index is 0. The summed E-state index contributed by atoms with van der Waals surface area (Å²) in [5.41, 5.74) is 0. The Morgan fingerprint density at radius 1 is 1.20 bits per heavy atom. The van der Waals surface area contributed by atoms with Crippen molar-refractivity contribution in [2.45, 2.75) is 32.2 Å². The molecule has 62 valence electrons. The summed E-state index contributed by atoms with van der Waals surface area (Å²) in [5.74, 6) is 0. The standard InChI is InChI=1S/C8H18N.H2O/c1-8-6-4-5-7-9(8,2)3;/h8H,4-7H2,1-3H3;1H2/q+1;/p-1. The minimum Gasteiger partial charge on any atom is -0.870 e. The first kappa shape index (κ1) is 9.92. The van der Waals surface area contributed by atoms with Gasteiger partial charge in [-0.3, -0.25) is 0 Å². The fourth-order valence-electron chi connectivity index (χ4n) is 1.53. The van der Waals surface area contributed by atoms with Crippen LogP contribution in [-0.2, 0) is 0 Å². The highest BCUT2D eigenvalue weighted by Crippen LogP contribution is 2.20. The second-order valence-corrected chi connectivity index (χ2v) is 3.85. The Balaban J connectivity index is 0.000000810. The number of nitrogens with zero attached hydrogens (tertiary/aromatic N) is 1. The lowest BCUT2D eigenvalue weighted by Crippen LogP contribution is -2.50. The van der Waals surface area contributed by atoms with Crippen molar-refractivity contribution in [3.8, 4) is 0 Å². The molecule has 1 aliphatic rings. The van der Waals surface area contributed by atoms with E-state index in [2.05, 4.69) is 21.0 Å². The minimum atomic E-state index is 0. The van der Waals surface area contributed by atoms with Crippen molar-refractivity contribution in [1.29, 1.82) is 0 Å². The third-order valence-electron chi connectivity index (χ3n) is 2.80. The van der Waals surface area contributed by atoms with E-state index in [1.54, 1.807) is 0 Å². The fourth-order valence-corrected chi connectivity index (χ4v) is 1.53. The maximum absolute atomic E-state index is 2.36. The number of quaternary nitrogens is 1. The van der Waals surface area contributed by atoms with Crippen molar-refractivity contribution in [2.75, 3.05) is 20.6 Å². The maximum Gasteiger partial charge on any atom is 0.0857 e. The maximum atomic E-state index is 2.36. The Morgan fingerprint density at radius 2 is 1.80 bits per heavy atom. The number of hydrogen-bond acceptors (Lipinski definition) is 1. The van der Waals surface area contributed by atoms with E-state index < -0.39 is 0 Å². The molecule has 0 aromatic heterocycles. The van der Waals surface area contributed by atoms with Crippen molar-refractivity contribution in [3.05, 3.63) is 0 Å².